The first kappa shape index (κ1) is 17.5. The lowest BCUT2D eigenvalue weighted by Crippen LogP contribution is -2.48. The maximum absolute atomic E-state index is 12.8. The number of hydrogen-bond acceptors (Lipinski definition) is 3. The minimum Gasteiger partial charge on any atom is -0.369 e. The Morgan fingerprint density at radius 3 is 2.48 bits per heavy atom. The fraction of sp³-hybridized carbons (Fsp3) is 0.526. The number of amides is 3. The summed E-state index contributed by atoms with van der Waals surface area (Å²) < 4.78 is 0. The molecule has 0 radical (unpaired) electrons. The molecule has 1 aromatic rings. The average molecular weight is 343 g/mol. The molecule has 6 heteroatoms. The summed E-state index contributed by atoms with van der Waals surface area (Å²) in [7, 11) is 0. The molecular formula is C19H25N3O3. The lowest BCUT2D eigenvalue weighted by molar-refractivity contribution is -0.143. The van der Waals surface area contributed by atoms with Gasteiger partial charge in [-0.2, -0.15) is 0 Å². The fourth-order valence-corrected chi connectivity index (χ4v) is 3.55. The number of benzene rings is 1. The van der Waals surface area contributed by atoms with Crippen LogP contribution >= 0.6 is 0 Å². The number of hydrogen-bond donors (Lipinski definition) is 1. The Bertz CT molecular complexity index is 670. The van der Waals surface area contributed by atoms with Gasteiger partial charge in [-0.1, -0.05) is 37.3 Å². The summed E-state index contributed by atoms with van der Waals surface area (Å²) in [5, 5.41) is 0. The lowest BCUT2D eigenvalue weighted by Gasteiger charge is -2.32. The molecule has 1 saturated heterocycles. The molecule has 0 spiro atoms. The van der Waals surface area contributed by atoms with Gasteiger partial charge >= 0.3 is 0 Å². The first-order valence-corrected chi connectivity index (χ1v) is 8.90. The van der Waals surface area contributed by atoms with Gasteiger partial charge in [0, 0.05) is 32.1 Å². The maximum Gasteiger partial charge on any atom is 0.238 e. The molecule has 1 atom stereocenters. The maximum atomic E-state index is 12.8. The Morgan fingerprint density at radius 1 is 1.24 bits per heavy atom. The van der Waals surface area contributed by atoms with Crippen LogP contribution in [0.25, 0.3) is 0 Å². The highest BCUT2D eigenvalue weighted by molar-refractivity contribution is 6.07. The van der Waals surface area contributed by atoms with Crippen molar-refractivity contribution in [2.45, 2.75) is 45.2 Å². The van der Waals surface area contributed by atoms with E-state index in [0.29, 0.717) is 32.5 Å². The van der Waals surface area contributed by atoms with Crippen molar-refractivity contribution >= 4 is 17.7 Å². The summed E-state index contributed by atoms with van der Waals surface area (Å²) in [6.45, 7) is 3.38. The predicted molar refractivity (Wildman–Crippen MR) is 93.1 cm³/mol. The zero-order chi connectivity index (χ0) is 18.0. The number of nitrogens with two attached hydrogens (primary N) is 1. The van der Waals surface area contributed by atoms with Gasteiger partial charge in [-0.15, -0.1) is 0 Å². The van der Waals surface area contributed by atoms with Gasteiger partial charge in [0.15, 0.2) is 0 Å². The number of carbonyl (C=O) groups excluding carboxylic acids is 3. The molecule has 6 nitrogen and oxygen atoms in total. The van der Waals surface area contributed by atoms with Crippen LogP contribution < -0.4 is 5.73 Å². The topological polar surface area (TPSA) is 83.7 Å². The van der Waals surface area contributed by atoms with E-state index in [-0.39, 0.29) is 24.3 Å². The second kappa shape index (κ2) is 6.86. The highest BCUT2D eigenvalue weighted by Gasteiger charge is 2.57. The second-order valence-corrected chi connectivity index (χ2v) is 7.02. The molecule has 2 N–H and O–H groups in total. The highest BCUT2D eigenvalue weighted by atomic mass is 16.2. The van der Waals surface area contributed by atoms with E-state index in [4.69, 9.17) is 5.73 Å². The first-order valence-electron chi connectivity index (χ1n) is 8.90. The van der Waals surface area contributed by atoms with Crippen LogP contribution in [-0.2, 0) is 20.9 Å². The second-order valence-electron chi connectivity index (χ2n) is 7.02. The lowest BCUT2D eigenvalue weighted by atomic mass is 10.0. The van der Waals surface area contributed by atoms with Crippen LogP contribution in [0.1, 0.15) is 38.2 Å². The fourth-order valence-electron chi connectivity index (χ4n) is 3.55. The number of rotatable bonds is 5. The Kier molecular flexibility index (Phi) is 4.79. The molecule has 1 aromatic carbocycles. The smallest absolute Gasteiger partial charge is 0.238 e. The Morgan fingerprint density at radius 2 is 1.92 bits per heavy atom. The average Bonchev–Trinajstić information content (AvgIpc) is 3.43. The number of carbonyl (C=O) groups is 3. The zero-order valence-corrected chi connectivity index (χ0v) is 14.6. The van der Waals surface area contributed by atoms with Gasteiger partial charge in [0.25, 0.3) is 0 Å². The molecule has 134 valence electrons. The molecule has 1 heterocycles. The van der Waals surface area contributed by atoms with Gasteiger partial charge in [0.1, 0.15) is 5.41 Å². The van der Waals surface area contributed by atoms with Crippen molar-refractivity contribution in [3.63, 3.8) is 0 Å². The van der Waals surface area contributed by atoms with Crippen molar-refractivity contribution in [3.05, 3.63) is 35.9 Å². The predicted octanol–water partition coefficient (Wildman–Crippen LogP) is 1.29. The van der Waals surface area contributed by atoms with Gasteiger partial charge in [-0.05, 0) is 24.8 Å². The standard InChI is InChI=1S/C19H25N3O3/c1-2-15-13-21(18(25)19(9-10-19)17(20)24)11-8-16(23)22(15)12-14-6-4-3-5-7-14/h3-7,15H,2,8-13H2,1H3,(H2,20,24)/t15-/m0/s1. The minimum atomic E-state index is -1.02. The van der Waals surface area contributed by atoms with Crippen LogP contribution in [0.15, 0.2) is 30.3 Å². The van der Waals surface area contributed by atoms with Crippen LogP contribution in [0.5, 0.6) is 0 Å². The molecule has 3 amide bonds. The molecule has 1 aliphatic heterocycles. The van der Waals surface area contributed by atoms with Crippen molar-refractivity contribution < 1.29 is 14.4 Å². The largest absolute Gasteiger partial charge is 0.369 e. The number of primary amides is 1. The van der Waals surface area contributed by atoms with Crippen molar-refractivity contribution in [2.75, 3.05) is 13.1 Å². The Hall–Kier alpha value is -2.37. The van der Waals surface area contributed by atoms with Gasteiger partial charge in [-0.25, -0.2) is 0 Å². The molecule has 0 unspecified atom stereocenters. The molecule has 1 saturated carbocycles. The number of nitrogens with zero attached hydrogens (tertiary/aromatic N) is 2. The molecule has 1 aliphatic carbocycles. The highest BCUT2D eigenvalue weighted by Crippen LogP contribution is 2.47. The SMILES string of the molecule is CC[C@H]1CN(C(=O)C2(C(N)=O)CC2)CCC(=O)N1Cc1ccccc1. The molecule has 0 bridgehead atoms. The van der Waals surface area contributed by atoms with Gasteiger partial charge in [0.2, 0.25) is 17.7 Å². The van der Waals surface area contributed by atoms with Crippen LogP contribution in [0.4, 0.5) is 0 Å². The Balaban J connectivity index is 1.77. The van der Waals surface area contributed by atoms with Crippen LogP contribution in [-0.4, -0.2) is 46.7 Å². The van der Waals surface area contributed by atoms with Crippen LogP contribution in [0, 0.1) is 5.41 Å². The van der Waals surface area contributed by atoms with E-state index in [2.05, 4.69) is 0 Å². The third-order valence-corrected chi connectivity index (χ3v) is 5.37. The van der Waals surface area contributed by atoms with Gasteiger partial charge in [-0.3, -0.25) is 14.4 Å². The van der Waals surface area contributed by atoms with Crippen LogP contribution in [0.2, 0.25) is 0 Å². The van der Waals surface area contributed by atoms with Crippen molar-refractivity contribution in [2.24, 2.45) is 11.1 Å². The minimum absolute atomic E-state index is 0.0509. The summed E-state index contributed by atoms with van der Waals surface area (Å²) in [5.74, 6) is -0.690. The summed E-state index contributed by atoms with van der Waals surface area (Å²) in [6, 6.07) is 9.81. The molecule has 3 rings (SSSR count). The van der Waals surface area contributed by atoms with Crippen molar-refractivity contribution in [1.82, 2.24) is 9.80 Å². The van der Waals surface area contributed by atoms with Crippen molar-refractivity contribution in [1.29, 1.82) is 0 Å². The molecule has 2 aliphatic rings. The molecule has 25 heavy (non-hydrogen) atoms. The van der Waals surface area contributed by atoms with Gasteiger partial charge < -0.3 is 15.5 Å². The Labute approximate surface area is 148 Å². The quantitative estimate of drug-likeness (QED) is 0.818. The molecule has 2 fully saturated rings. The van der Waals surface area contributed by atoms with Gasteiger partial charge in [0.05, 0.1) is 0 Å². The first-order chi connectivity index (χ1) is 12.0. The van der Waals surface area contributed by atoms with E-state index in [9.17, 15) is 14.4 Å². The van der Waals surface area contributed by atoms with Crippen molar-refractivity contribution in [3.8, 4) is 0 Å². The van der Waals surface area contributed by atoms with E-state index < -0.39 is 11.3 Å². The summed E-state index contributed by atoms with van der Waals surface area (Å²) in [4.78, 5) is 40.7. The summed E-state index contributed by atoms with van der Waals surface area (Å²) in [6.07, 6.45) is 2.09. The van der Waals surface area contributed by atoms with E-state index >= 15 is 0 Å². The zero-order valence-electron chi connectivity index (χ0n) is 14.6. The summed E-state index contributed by atoms with van der Waals surface area (Å²) in [5.41, 5.74) is 5.50. The van der Waals surface area contributed by atoms with E-state index in [0.717, 1.165) is 12.0 Å². The third kappa shape index (κ3) is 3.38. The molecular weight excluding hydrogens is 318 g/mol. The summed E-state index contributed by atoms with van der Waals surface area (Å²) >= 11 is 0. The third-order valence-electron chi connectivity index (χ3n) is 5.37. The normalized spacial score (nSPS) is 22.4. The van der Waals surface area contributed by atoms with E-state index in [1.165, 1.54) is 0 Å². The molecule has 0 aromatic heterocycles. The monoisotopic (exact) mass is 343 g/mol. The van der Waals surface area contributed by atoms with E-state index in [1.807, 2.05) is 42.2 Å². The van der Waals surface area contributed by atoms with Crippen LogP contribution in [0.3, 0.4) is 0 Å². The van der Waals surface area contributed by atoms with E-state index in [1.54, 1.807) is 4.90 Å².